The maximum absolute atomic E-state index is 13.6. The summed E-state index contributed by atoms with van der Waals surface area (Å²) in [7, 11) is -1.53. The van der Waals surface area contributed by atoms with Crippen molar-refractivity contribution < 1.29 is 13.6 Å². The van der Waals surface area contributed by atoms with Gasteiger partial charge in [-0.05, 0) is 43.2 Å². The van der Waals surface area contributed by atoms with Gasteiger partial charge in [-0.2, -0.15) is 0 Å². The van der Waals surface area contributed by atoms with Gasteiger partial charge in [-0.3, -0.25) is 4.57 Å². The Morgan fingerprint density at radius 2 is 1.62 bits per heavy atom. The molecule has 1 unspecified atom stereocenters. The molecule has 0 aromatic heterocycles. The zero-order valence-corrected chi connectivity index (χ0v) is 16.6. The molecule has 6 heteroatoms. The third-order valence-corrected chi connectivity index (χ3v) is 6.62. The molecule has 0 amide bonds. The van der Waals surface area contributed by atoms with E-state index in [-0.39, 0.29) is 0 Å². The smallest absolute Gasteiger partial charge is 0.342 e. The molecular formula is C18H23BrNO3P. The van der Waals surface area contributed by atoms with Gasteiger partial charge in [0.1, 0.15) is 5.66 Å². The van der Waals surface area contributed by atoms with Crippen molar-refractivity contribution in [3.8, 4) is 0 Å². The van der Waals surface area contributed by atoms with Crippen LogP contribution in [0.2, 0.25) is 0 Å². The lowest BCUT2D eigenvalue weighted by Gasteiger charge is -2.28. The van der Waals surface area contributed by atoms with Crippen LogP contribution in [-0.4, -0.2) is 20.3 Å². The summed E-state index contributed by atoms with van der Waals surface area (Å²) in [6.07, 6.45) is 0. The fourth-order valence-corrected chi connectivity index (χ4v) is 5.15. The van der Waals surface area contributed by atoms with Gasteiger partial charge in [0, 0.05) is 17.2 Å². The first-order valence-electron chi connectivity index (χ1n) is 7.96. The first kappa shape index (κ1) is 19.2. The van der Waals surface area contributed by atoms with Crippen molar-refractivity contribution >= 4 is 29.2 Å². The highest BCUT2D eigenvalue weighted by molar-refractivity contribution is 9.10. The largest absolute Gasteiger partial charge is 0.388 e. The van der Waals surface area contributed by atoms with Crippen LogP contribution in [0.3, 0.4) is 0 Å². The van der Waals surface area contributed by atoms with Gasteiger partial charge in [-0.15, -0.1) is 0 Å². The van der Waals surface area contributed by atoms with Crippen LogP contribution in [0, 0.1) is 0 Å². The molecule has 0 saturated carbocycles. The number of hydrogen-bond donors (Lipinski definition) is 1. The van der Waals surface area contributed by atoms with Crippen LogP contribution in [0.5, 0.6) is 0 Å². The fourth-order valence-electron chi connectivity index (χ4n) is 2.69. The van der Waals surface area contributed by atoms with E-state index < -0.39 is 13.3 Å². The molecule has 0 spiro atoms. The van der Waals surface area contributed by atoms with Crippen LogP contribution in [0.25, 0.3) is 0 Å². The van der Waals surface area contributed by atoms with Crippen molar-refractivity contribution in [2.75, 3.05) is 25.6 Å². The molecule has 24 heavy (non-hydrogen) atoms. The van der Waals surface area contributed by atoms with E-state index >= 15 is 0 Å². The summed E-state index contributed by atoms with van der Waals surface area (Å²) in [4.78, 5) is 0. The molecule has 0 fully saturated rings. The molecule has 0 radical (unpaired) electrons. The van der Waals surface area contributed by atoms with Gasteiger partial charge >= 0.3 is 7.60 Å². The van der Waals surface area contributed by atoms with Crippen molar-refractivity contribution in [3.63, 3.8) is 0 Å². The fraction of sp³-hybridized carbons (Fsp3) is 0.333. The number of rotatable bonds is 8. The quantitative estimate of drug-likeness (QED) is 0.553. The van der Waals surface area contributed by atoms with Gasteiger partial charge in [-0.1, -0.05) is 46.3 Å². The van der Waals surface area contributed by atoms with Gasteiger partial charge in [0.15, 0.2) is 0 Å². The molecule has 4 nitrogen and oxygen atoms in total. The minimum atomic E-state index is -3.38. The molecule has 2 aromatic carbocycles. The van der Waals surface area contributed by atoms with Crippen LogP contribution in [0.15, 0.2) is 53.0 Å². The first-order chi connectivity index (χ1) is 11.6. The highest BCUT2D eigenvalue weighted by Crippen LogP contribution is 2.64. The van der Waals surface area contributed by atoms with Gasteiger partial charge in [0.25, 0.3) is 0 Å². The van der Waals surface area contributed by atoms with E-state index in [1.54, 1.807) is 0 Å². The molecule has 0 aliphatic rings. The summed E-state index contributed by atoms with van der Waals surface area (Å²) in [5, 5.41) is 3.17. The molecule has 0 saturated heterocycles. The van der Waals surface area contributed by atoms with Crippen LogP contribution < -0.4 is 5.32 Å². The topological polar surface area (TPSA) is 47.6 Å². The Morgan fingerprint density at radius 1 is 1.04 bits per heavy atom. The van der Waals surface area contributed by atoms with Crippen molar-refractivity contribution in [3.05, 3.63) is 64.1 Å². The molecule has 0 aliphatic carbocycles. The summed E-state index contributed by atoms with van der Waals surface area (Å²) < 4.78 is 25.9. The van der Waals surface area contributed by atoms with Crippen LogP contribution in [0.4, 0.5) is 5.69 Å². The SMILES string of the molecule is CCOP(=O)(OCC)C(c1ccc(Br)cc1)c1ccccc1NC. The second-order valence-electron chi connectivity index (χ2n) is 5.17. The third kappa shape index (κ3) is 4.28. The molecule has 130 valence electrons. The van der Waals surface area contributed by atoms with Gasteiger partial charge in [0.05, 0.1) is 13.2 Å². The highest BCUT2D eigenvalue weighted by atomic mass is 79.9. The number of anilines is 1. The lowest BCUT2D eigenvalue weighted by molar-refractivity contribution is 0.215. The number of halogens is 1. The monoisotopic (exact) mass is 411 g/mol. The molecular weight excluding hydrogens is 389 g/mol. The second-order valence-corrected chi connectivity index (χ2v) is 8.19. The average Bonchev–Trinajstić information content (AvgIpc) is 2.57. The predicted octanol–water partition coefficient (Wildman–Crippen LogP) is 5.85. The van der Waals surface area contributed by atoms with E-state index in [4.69, 9.17) is 9.05 Å². The molecule has 2 rings (SSSR count). The van der Waals surface area contributed by atoms with E-state index in [0.717, 1.165) is 21.3 Å². The zero-order chi connectivity index (χ0) is 17.6. The Kier molecular flexibility index (Phi) is 7.05. The van der Waals surface area contributed by atoms with Crippen LogP contribution >= 0.6 is 23.5 Å². The summed E-state index contributed by atoms with van der Waals surface area (Å²) in [5.74, 6) is 0. The molecule has 2 aromatic rings. The van der Waals surface area contributed by atoms with Gasteiger partial charge in [0.2, 0.25) is 0 Å². The lowest BCUT2D eigenvalue weighted by Crippen LogP contribution is -2.10. The van der Waals surface area contributed by atoms with Crippen molar-refractivity contribution in [2.45, 2.75) is 19.5 Å². The Balaban J connectivity index is 2.64. The summed E-state index contributed by atoms with van der Waals surface area (Å²) in [6, 6.07) is 15.6. The maximum atomic E-state index is 13.6. The van der Waals surface area contributed by atoms with E-state index in [1.807, 2.05) is 69.4 Å². The standard InChI is InChI=1S/C18H23BrNO3P/c1-4-22-24(21,23-5-2)18(14-10-12-15(19)13-11-14)16-8-6-7-9-17(16)20-3/h6-13,18,20H,4-5H2,1-3H3. The predicted molar refractivity (Wildman–Crippen MR) is 103 cm³/mol. The first-order valence-corrected chi connectivity index (χ1v) is 10.4. The Morgan fingerprint density at radius 3 is 2.17 bits per heavy atom. The Bertz CT molecular complexity index is 696. The number of hydrogen-bond acceptors (Lipinski definition) is 4. The summed E-state index contributed by atoms with van der Waals surface area (Å²) in [6.45, 7) is 4.31. The van der Waals surface area contributed by atoms with Crippen molar-refractivity contribution in [1.82, 2.24) is 0 Å². The van der Waals surface area contributed by atoms with Crippen LogP contribution in [-0.2, 0) is 13.6 Å². The Hall–Kier alpha value is -1.13. The van der Waals surface area contributed by atoms with E-state index in [2.05, 4.69) is 21.2 Å². The molecule has 1 N–H and O–H groups in total. The third-order valence-electron chi connectivity index (χ3n) is 3.64. The molecule has 1 atom stereocenters. The Labute approximate surface area is 152 Å². The average molecular weight is 412 g/mol. The summed E-state index contributed by atoms with van der Waals surface area (Å²) >= 11 is 3.45. The van der Waals surface area contributed by atoms with Crippen molar-refractivity contribution in [2.24, 2.45) is 0 Å². The zero-order valence-electron chi connectivity index (χ0n) is 14.2. The molecule has 0 aliphatic heterocycles. The molecule has 0 heterocycles. The maximum Gasteiger partial charge on any atom is 0.342 e. The minimum Gasteiger partial charge on any atom is -0.388 e. The minimum absolute atomic E-state index is 0.325. The van der Waals surface area contributed by atoms with Crippen LogP contribution in [0.1, 0.15) is 30.6 Å². The number of benzene rings is 2. The van der Waals surface area contributed by atoms with Gasteiger partial charge < -0.3 is 14.4 Å². The second kappa shape index (κ2) is 8.82. The van der Waals surface area contributed by atoms with Gasteiger partial charge in [-0.25, -0.2) is 0 Å². The number of para-hydroxylation sites is 1. The van der Waals surface area contributed by atoms with E-state index in [1.165, 1.54) is 0 Å². The molecule has 0 bridgehead atoms. The normalized spacial score (nSPS) is 12.8. The highest BCUT2D eigenvalue weighted by Gasteiger charge is 2.39. The number of nitrogens with one attached hydrogen (secondary N) is 1. The van der Waals surface area contributed by atoms with Crippen molar-refractivity contribution in [1.29, 1.82) is 0 Å². The summed E-state index contributed by atoms with van der Waals surface area (Å²) in [5.41, 5.74) is 2.21. The van der Waals surface area contributed by atoms with E-state index in [0.29, 0.717) is 13.2 Å². The lowest BCUT2D eigenvalue weighted by atomic mass is 10.0. The van der Waals surface area contributed by atoms with E-state index in [9.17, 15) is 4.57 Å².